The molecule has 0 N–H and O–H groups in total. The Morgan fingerprint density at radius 1 is 1.15 bits per heavy atom. The van der Waals surface area contributed by atoms with Crippen LogP contribution in [0.25, 0.3) is 10.9 Å². The van der Waals surface area contributed by atoms with Gasteiger partial charge in [-0.25, -0.2) is 9.97 Å². The standard InChI is InChI=1S/C22H23N3OS/c1-15-23-19-12-6-5-11-18(19)22(24-15)27-14-21(26)25(2)20-13-7-9-16-8-3-4-10-17(16)20/h3-6,8,10-12,20H,7,9,13-14H2,1-2H3/t20-/m0/s1. The highest BCUT2D eigenvalue weighted by atomic mass is 32.2. The molecule has 0 saturated heterocycles. The van der Waals surface area contributed by atoms with Gasteiger partial charge in [-0.2, -0.15) is 0 Å². The molecule has 4 nitrogen and oxygen atoms in total. The van der Waals surface area contributed by atoms with E-state index in [2.05, 4.69) is 34.2 Å². The maximum Gasteiger partial charge on any atom is 0.233 e. The van der Waals surface area contributed by atoms with E-state index in [1.165, 1.54) is 22.9 Å². The smallest absolute Gasteiger partial charge is 0.233 e. The maximum absolute atomic E-state index is 12.9. The first-order chi connectivity index (χ1) is 13.1. The number of para-hydroxylation sites is 1. The van der Waals surface area contributed by atoms with E-state index in [0.717, 1.165) is 41.0 Å². The van der Waals surface area contributed by atoms with Crippen molar-refractivity contribution in [3.8, 4) is 0 Å². The average Bonchev–Trinajstić information content (AvgIpc) is 2.70. The Kier molecular flexibility index (Phi) is 5.12. The summed E-state index contributed by atoms with van der Waals surface area (Å²) in [5, 5.41) is 1.88. The van der Waals surface area contributed by atoms with E-state index in [1.54, 1.807) is 0 Å². The predicted octanol–water partition coefficient (Wildman–Crippen LogP) is 4.57. The van der Waals surface area contributed by atoms with Crippen LogP contribution in [0.15, 0.2) is 53.6 Å². The Hall–Kier alpha value is -2.40. The molecule has 1 aliphatic rings. The molecule has 3 aromatic rings. The van der Waals surface area contributed by atoms with Gasteiger partial charge >= 0.3 is 0 Å². The maximum atomic E-state index is 12.9. The molecule has 0 radical (unpaired) electrons. The number of amides is 1. The number of aromatic nitrogens is 2. The molecule has 0 aliphatic heterocycles. The van der Waals surface area contributed by atoms with Crippen LogP contribution in [0.2, 0.25) is 0 Å². The molecule has 138 valence electrons. The second kappa shape index (κ2) is 7.69. The Balaban J connectivity index is 1.51. The second-order valence-corrected chi connectivity index (χ2v) is 7.96. The van der Waals surface area contributed by atoms with E-state index in [0.29, 0.717) is 5.75 Å². The van der Waals surface area contributed by atoms with Gasteiger partial charge in [0.2, 0.25) is 5.91 Å². The van der Waals surface area contributed by atoms with Crippen molar-refractivity contribution in [2.45, 2.75) is 37.3 Å². The molecule has 1 amide bonds. The van der Waals surface area contributed by atoms with E-state index in [1.807, 2.05) is 43.1 Å². The lowest BCUT2D eigenvalue weighted by molar-refractivity contribution is -0.129. The SMILES string of the molecule is Cc1nc(SCC(=O)N(C)[C@H]2CCCc3ccccc32)c2ccccc2n1. The zero-order chi connectivity index (χ0) is 18.8. The minimum Gasteiger partial charge on any atom is -0.338 e. The minimum absolute atomic E-state index is 0.141. The van der Waals surface area contributed by atoms with Gasteiger partial charge in [-0.3, -0.25) is 4.79 Å². The van der Waals surface area contributed by atoms with Gasteiger partial charge in [-0.15, -0.1) is 0 Å². The van der Waals surface area contributed by atoms with Crippen molar-refractivity contribution in [2.24, 2.45) is 0 Å². The van der Waals surface area contributed by atoms with Crippen molar-refractivity contribution >= 4 is 28.6 Å². The number of carbonyl (C=O) groups is 1. The summed E-state index contributed by atoms with van der Waals surface area (Å²) in [5.41, 5.74) is 3.60. The molecule has 1 aromatic heterocycles. The number of benzene rings is 2. The molecule has 0 spiro atoms. The Morgan fingerprint density at radius 3 is 2.81 bits per heavy atom. The van der Waals surface area contributed by atoms with Gasteiger partial charge in [0, 0.05) is 12.4 Å². The third kappa shape index (κ3) is 3.69. The van der Waals surface area contributed by atoms with Crippen LogP contribution in [0.3, 0.4) is 0 Å². The van der Waals surface area contributed by atoms with E-state index in [4.69, 9.17) is 0 Å². The minimum atomic E-state index is 0.141. The van der Waals surface area contributed by atoms with Gasteiger partial charge in [0.05, 0.1) is 17.3 Å². The van der Waals surface area contributed by atoms with Gasteiger partial charge in [-0.1, -0.05) is 54.2 Å². The highest BCUT2D eigenvalue weighted by molar-refractivity contribution is 8.00. The fourth-order valence-corrected chi connectivity index (χ4v) is 4.79. The molecular formula is C22H23N3OS. The lowest BCUT2D eigenvalue weighted by Crippen LogP contribution is -2.34. The van der Waals surface area contributed by atoms with Crippen LogP contribution in [0.1, 0.15) is 35.8 Å². The molecule has 1 atom stereocenters. The van der Waals surface area contributed by atoms with Crippen molar-refractivity contribution in [1.82, 2.24) is 14.9 Å². The van der Waals surface area contributed by atoms with Gasteiger partial charge in [0.15, 0.2) is 0 Å². The number of carbonyl (C=O) groups excluding carboxylic acids is 1. The van der Waals surface area contributed by atoms with Crippen LogP contribution < -0.4 is 0 Å². The number of rotatable bonds is 4. The number of thioether (sulfide) groups is 1. The van der Waals surface area contributed by atoms with Gasteiger partial charge in [-0.05, 0) is 43.4 Å². The summed E-state index contributed by atoms with van der Waals surface area (Å²) in [5.74, 6) is 1.26. The van der Waals surface area contributed by atoms with E-state index >= 15 is 0 Å². The molecular weight excluding hydrogens is 354 g/mol. The van der Waals surface area contributed by atoms with Crippen molar-refractivity contribution < 1.29 is 4.79 Å². The fourth-order valence-electron chi connectivity index (χ4n) is 3.80. The number of hydrogen-bond donors (Lipinski definition) is 0. The van der Waals surface area contributed by atoms with Crippen LogP contribution in [0, 0.1) is 6.92 Å². The van der Waals surface area contributed by atoms with E-state index in [-0.39, 0.29) is 11.9 Å². The van der Waals surface area contributed by atoms with E-state index in [9.17, 15) is 4.79 Å². The fraction of sp³-hybridized carbons (Fsp3) is 0.318. The lowest BCUT2D eigenvalue weighted by Gasteiger charge is -2.33. The molecule has 0 unspecified atom stereocenters. The third-order valence-corrected chi connectivity index (χ3v) is 6.19. The molecule has 4 rings (SSSR count). The topological polar surface area (TPSA) is 46.1 Å². The Labute approximate surface area is 164 Å². The first-order valence-electron chi connectivity index (χ1n) is 9.33. The van der Waals surface area contributed by atoms with Crippen molar-refractivity contribution in [3.63, 3.8) is 0 Å². The van der Waals surface area contributed by atoms with Gasteiger partial charge in [0.1, 0.15) is 10.9 Å². The summed E-state index contributed by atoms with van der Waals surface area (Å²) in [6.07, 6.45) is 3.26. The molecule has 27 heavy (non-hydrogen) atoms. The Bertz CT molecular complexity index is 988. The summed E-state index contributed by atoms with van der Waals surface area (Å²) in [6.45, 7) is 1.89. The lowest BCUT2D eigenvalue weighted by atomic mass is 9.87. The third-order valence-electron chi connectivity index (χ3n) is 5.21. The van der Waals surface area contributed by atoms with Crippen molar-refractivity contribution in [1.29, 1.82) is 0 Å². The molecule has 0 fully saturated rings. The van der Waals surface area contributed by atoms with E-state index < -0.39 is 0 Å². The predicted molar refractivity (Wildman–Crippen MR) is 110 cm³/mol. The number of aryl methyl sites for hydroxylation is 2. The Morgan fingerprint density at radius 2 is 1.93 bits per heavy atom. The van der Waals surface area contributed by atoms with Crippen molar-refractivity contribution in [3.05, 3.63) is 65.5 Å². The molecule has 1 aliphatic carbocycles. The molecule has 0 saturated carbocycles. The van der Waals surface area contributed by atoms with Crippen LogP contribution >= 0.6 is 11.8 Å². The number of nitrogens with zero attached hydrogens (tertiary/aromatic N) is 3. The van der Waals surface area contributed by atoms with Crippen LogP contribution in [0.4, 0.5) is 0 Å². The van der Waals surface area contributed by atoms with Gasteiger partial charge < -0.3 is 4.90 Å². The first kappa shape index (κ1) is 18.0. The van der Waals surface area contributed by atoms with Crippen LogP contribution in [0.5, 0.6) is 0 Å². The molecule has 2 aromatic carbocycles. The second-order valence-electron chi connectivity index (χ2n) is 6.99. The number of hydrogen-bond acceptors (Lipinski definition) is 4. The van der Waals surface area contributed by atoms with Gasteiger partial charge in [0.25, 0.3) is 0 Å². The molecule has 5 heteroatoms. The summed E-state index contributed by atoms with van der Waals surface area (Å²) in [6, 6.07) is 16.6. The van der Waals surface area contributed by atoms with Crippen LogP contribution in [-0.4, -0.2) is 33.6 Å². The summed E-state index contributed by atoms with van der Waals surface area (Å²) >= 11 is 1.50. The average molecular weight is 378 g/mol. The highest BCUT2D eigenvalue weighted by Gasteiger charge is 2.26. The summed E-state index contributed by atoms with van der Waals surface area (Å²) in [4.78, 5) is 23.9. The molecule has 1 heterocycles. The van der Waals surface area contributed by atoms with Crippen LogP contribution in [-0.2, 0) is 11.2 Å². The highest BCUT2D eigenvalue weighted by Crippen LogP contribution is 2.34. The van der Waals surface area contributed by atoms with Crippen molar-refractivity contribution in [2.75, 3.05) is 12.8 Å². The zero-order valence-corrected chi connectivity index (χ0v) is 16.5. The zero-order valence-electron chi connectivity index (χ0n) is 15.7. The monoisotopic (exact) mass is 377 g/mol. The largest absolute Gasteiger partial charge is 0.338 e. The quantitative estimate of drug-likeness (QED) is 0.494. The summed E-state index contributed by atoms with van der Waals surface area (Å²) in [7, 11) is 1.93. The number of fused-ring (bicyclic) bond motifs is 2. The molecule has 0 bridgehead atoms. The summed E-state index contributed by atoms with van der Waals surface area (Å²) < 4.78 is 0. The first-order valence-corrected chi connectivity index (χ1v) is 10.3. The normalized spacial score (nSPS) is 16.1.